The monoisotopic (exact) mass is 532 g/mol. The molecule has 38 heavy (non-hydrogen) atoms. The predicted octanol–water partition coefficient (Wildman–Crippen LogP) is 5.36. The fourth-order valence-corrected chi connectivity index (χ4v) is 5.51. The summed E-state index contributed by atoms with van der Waals surface area (Å²) in [6.45, 7) is 6.33. The molecule has 1 aliphatic heterocycles. The zero-order valence-electron chi connectivity index (χ0n) is 21.5. The van der Waals surface area contributed by atoms with E-state index >= 15 is 0 Å². The molecule has 1 unspecified atom stereocenters. The normalized spacial score (nSPS) is 14.6. The molecule has 2 heterocycles. The first-order valence-corrected chi connectivity index (χ1v) is 12.9. The van der Waals surface area contributed by atoms with Crippen molar-refractivity contribution in [1.82, 2.24) is 5.16 Å². The van der Waals surface area contributed by atoms with Crippen LogP contribution in [0, 0.1) is 6.92 Å². The van der Waals surface area contributed by atoms with E-state index in [4.69, 9.17) is 20.9 Å². The maximum Gasteiger partial charge on any atom is 0.366 e. The van der Waals surface area contributed by atoms with Gasteiger partial charge in [0.2, 0.25) is 0 Å². The first kappa shape index (κ1) is 25.9. The molecule has 0 saturated heterocycles. The molecular weight excluding hydrogens is 504 g/mol. The number of anilines is 1. The number of aromatic nitrogens is 1. The van der Waals surface area contributed by atoms with E-state index in [1.54, 1.807) is 37.3 Å². The van der Waals surface area contributed by atoms with Gasteiger partial charge >= 0.3 is 5.63 Å². The Morgan fingerprint density at radius 3 is 2.68 bits per heavy atom. The standard InChI is InChI=1S/C30H29ClN2O5/c1-18-23-15-21(11-12-22(23)27(34)38-33-18)32-28(35)30(36,16-20-7-4-5-10-25(20)31)17-29(2,3)24-9-6-8-19-13-14-37-26(19)24/h4-12,15,36H,13-14,16-17H2,1-3H3,(H,32,35). The maximum atomic E-state index is 13.8. The summed E-state index contributed by atoms with van der Waals surface area (Å²) in [5, 5.41) is 20.1. The van der Waals surface area contributed by atoms with Gasteiger partial charge in [0.25, 0.3) is 5.91 Å². The Hall–Kier alpha value is -3.68. The van der Waals surface area contributed by atoms with Gasteiger partial charge in [-0.25, -0.2) is 4.79 Å². The van der Waals surface area contributed by atoms with Crippen molar-refractivity contribution in [2.45, 2.75) is 51.0 Å². The third kappa shape index (κ3) is 4.91. The molecule has 0 fully saturated rings. The number of fused-ring (bicyclic) bond motifs is 2. The fourth-order valence-electron chi connectivity index (χ4n) is 5.31. The van der Waals surface area contributed by atoms with Crippen LogP contribution in [-0.2, 0) is 23.1 Å². The highest BCUT2D eigenvalue weighted by Crippen LogP contribution is 2.42. The van der Waals surface area contributed by atoms with E-state index < -0.39 is 22.5 Å². The minimum Gasteiger partial charge on any atom is -0.493 e. The minimum atomic E-state index is -1.83. The Bertz CT molecular complexity index is 1600. The van der Waals surface area contributed by atoms with E-state index in [9.17, 15) is 14.7 Å². The van der Waals surface area contributed by atoms with Gasteiger partial charge in [-0.3, -0.25) is 4.79 Å². The van der Waals surface area contributed by atoms with Crippen LogP contribution in [0.4, 0.5) is 5.69 Å². The van der Waals surface area contributed by atoms with Gasteiger partial charge in [0.1, 0.15) is 11.4 Å². The molecule has 1 amide bonds. The summed E-state index contributed by atoms with van der Waals surface area (Å²) in [6, 6.07) is 18.0. The van der Waals surface area contributed by atoms with Crippen LogP contribution in [0.2, 0.25) is 5.02 Å². The molecule has 1 atom stereocenters. The molecule has 8 heteroatoms. The Balaban J connectivity index is 1.52. The van der Waals surface area contributed by atoms with E-state index in [2.05, 4.69) is 10.5 Å². The average molecular weight is 533 g/mol. The molecule has 1 aromatic heterocycles. The molecule has 0 aliphatic carbocycles. The maximum absolute atomic E-state index is 13.8. The number of aryl methyl sites for hydroxylation is 1. The van der Waals surface area contributed by atoms with Gasteiger partial charge < -0.3 is 19.7 Å². The zero-order valence-corrected chi connectivity index (χ0v) is 22.3. The van der Waals surface area contributed by atoms with E-state index in [0.717, 1.165) is 23.3 Å². The summed E-state index contributed by atoms with van der Waals surface area (Å²) in [4.78, 5) is 25.9. The van der Waals surface area contributed by atoms with Crippen molar-refractivity contribution in [1.29, 1.82) is 0 Å². The largest absolute Gasteiger partial charge is 0.493 e. The van der Waals surface area contributed by atoms with Crippen molar-refractivity contribution in [2.75, 3.05) is 11.9 Å². The number of para-hydroxylation sites is 1. The Kier molecular flexibility index (Phi) is 6.75. The molecule has 3 aromatic carbocycles. The van der Waals surface area contributed by atoms with E-state index in [1.165, 1.54) is 0 Å². The highest BCUT2D eigenvalue weighted by molar-refractivity contribution is 6.31. The molecule has 5 rings (SSSR count). The van der Waals surface area contributed by atoms with E-state index in [1.807, 2.05) is 44.2 Å². The number of ether oxygens (including phenoxy) is 1. The fraction of sp³-hybridized carbons (Fsp3) is 0.300. The minimum absolute atomic E-state index is 0.00949. The third-order valence-corrected chi connectivity index (χ3v) is 7.56. The SMILES string of the molecule is Cc1noc(=O)c2ccc(NC(=O)C(O)(Cc3ccccc3Cl)CC(C)(C)c3cccc4c3OCC4)cc12. The lowest BCUT2D eigenvalue weighted by Gasteiger charge is -2.36. The number of hydrogen-bond acceptors (Lipinski definition) is 6. The van der Waals surface area contributed by atoms with Gasteiger partial charge in [-0.05, 0) is 54.2 Å². The lowest BCUT2D eigenvalue weighted by Crippen LogP contribution is -2.49. The molecule has 2 N–H and O–H groups in total. The summed E-state index contributed by atoms with van der Waals surface area (Å²) in [7, 11) is 0. The molecule has 0 spiro atoms. The second kappa shape index (κ2) is 9.89. The van der Waals surface area contributed by atoms with Crippen LogP contribution in [0.3, 0.4) is 0 Å². The Labute approximate surface area is 225 Å². The van der Waals surface area contributed by atoms with Crippen molar-refractivity contribution in [2.24, 2.45) is 0 Å². The van der Waals surface area contributed by atoms with Gasteiger partial charge in [-0.15, -0.1) is 0 Å². The number of carbonyl (C=O) groups excluding carboxylic acids is 1. The van der Waals surface area contributed by atoms with Crippen LogP contribution >= 0.6 is 11.6 Å². The van der Waals surface area contributed by atoms with Crippen LogP contribution in [0.1, 0.15) is 42.7 Å². The number of halogens is 1. The van der Waals surface area contributed by atoms with Crippen molar-refractivity contribution in [3.63, 3.8) is 0 Å². The number of nitrogens with one attached hydrogen (secondary N) is 1. The van der Waals surface area contributed by atoms with Gasteiger partial charge in [0.05, 0.1) is 17.7 Å². The Morgan fingerprint density at radius 2 is 1.89 bits per heavy atom. The number of aliphatic hydroxyl groups is 1. The molecule has 7 nitrogen and oxygen atoms in total. The summed E-state index contributed by atoms with van der Waals surface area (Å²) < 4.78 is 10.7. The Morgan fingerprint density at radius 1 is 1.11 bits per heavy atom. The van der Waals surface area contributed by atoms with Crippen molar-refractivity contribution < 1.29 is 19.2 Å². The van der Waals surface area contributed by atoms with E-state index in [-0.39, 0.29) is 12.8 Å². The highest BCUT2D eigenvalue weighted by atomic mass is 35.5. The van der Waals surface area contributed by atoms with Gasteiger partial charge in [0, 0.05) is 34.5 Å². The molecule has 0 bridgehead atoms. The van der Waals surface area contributed by atoms with Crippen molar-refractivity contribution in [3.8, 4) is 5.75 Å². The van der Waals surface area contributed by atoms with Crippen LogP contribution in [-0.4, -0.2) is 28.4 Å². The molecular formula is C30H29ClN2O5. The molecule has 4 aromatic rings. The number of rotatable bonds is 7. The second-order valence-corrected chi connectivity index (χ2v) is 10.9. The van der Waals surface area contributed by atoms with Crippen LogP contribution in [0.25, 0.3) is 10.8 Å². The van der Waals surface area contributed by atoms with Gasteiger partial charge in [-0.1, -0.05) is 67.0 Å². The van der Waals surface area contributed by atoms with Crippen molar-refractivity contribution in [3.05, 3.63) is 98.5 Å². The summed E-state index contributed by atoms with van der Waals surface area (Å²) in [5.74, 6) is 0.251. The second-order valence-electron chi connectivity index (χ2n) is 10.5. The zero-order chi connectivity index (χ0) is 27.1. The summed E-state index contributed by atoms with van der Waals surface area (Å²) >= 11 is 6.45. The van der Waals surface area contributed by atoms with Gasteiger partial charge in [0.15, 0.2) is 0 Å². The first-order chi connectivity index (χ1) is 18.1. The van der Waals surface area contributed by atoms with E-state index in [0.29, 0.717) is 39.3 Å². The molecule has 0 saturated carbocycles. The molecule has 0 radical (unpaired) electrons. The van der Waals surface area contributed by atoms with Crippen molar-refractivity contribution >= 4 is 34.0 Å². The summed E-state index contributed by atoms with van der Waals surface area (Å²) in [6.07, 6.45) is 0.947. The third-order valence-electron chi connectivity index (χ3n) is 7.19. The van der Waals surface area contributed by atoms with Crippen LogP contribution < -0.4 is 15.7 Å². The number of nitrogens with zero attached hydrogens (tertiary/aromatic N) is 1. The quantitative estimate of drug-likeness (QED) is 0.332. The predicted molar refractivity (Wildman–Crippen MR) is 147 cm³/mol. The highest BCUT2D eigenvalue weighted by Gasteiger charge is 2.43. The summed E-state index contributed by atoms with van der Waals surface area (Å²) in [5.41, 5.74) is 0.667. The topological polar surface area (TPSA) is 102 Å². The van der Waals surface area contributed by atoms with Crippen LogP contribution in [0.15, 0.2) is 70.0 Å². The number of hydrogen-bond donors (Lipinski definition) is 2. The number of amides is 1. The number of carbonyl (C=O) groups is 1. The smallest absolute Gasteiger partial charge is 0.366 e. The van der Waals surface area contributed by atoms with Gasteiger partial charge in [-0.2, -0.15) is 0 Å². The lowest BCUT2D eigenvalue weighted by atomic mass is 9.72. The van der Waals surface area contributed by atoms with Crippen LogP contribution in [0.5, 0.6) is 5.75 Å². The molecule has 1 aliphatic rings. The first-order valence-electron chi connectivity index (χ1n) is 12.5. The average Bonchev–Trinajstić information content (AvgIpc) is 3.36. The lowest BCUT2D eigenvalue weighted by molar-refractivity contribution is -0.136. The molecule has 196 valence electrons. The number of benzene rings is 3.